The molecule has 2 N–H and O–H groups in total. The molecule has 218 valence electrons. The first kappa shape index (κ1) is 33.0. The van der Waals surface area contributed by atoms with E-state index in [1.54, 1.807) is 12.1 Å². The van der Waals surface area contributed by atoms with Crippen LogP contribution in [0.4, 0.5) is 0 Å². The number of aliphatic hydroxyl groups is 1. The van der Waals surface area contributed by atoms with Gasteiger partial charge in [0.05, 0.1) is 18.3 Å². The maximum absolute atomic E-state index is 11.9. The second kappa shape index (κ2) is 16.8. The van der Waals surface area contributed by atoms with Gasteiger partial charge >= 0.3 is 5.97 Å². The van der Waals surface area contributed by atoms with Crippen molar-refractivity contribution >= 4 is 14.3 Å². The lowest BCUT2D eigenvalue weighted by atomic mass is 9.99. The quantitative estimate of drug-likeness (QED) is 0.112. The highest BCUT2D eigenvalue weighted by Gasteiger charge is 2.42. The summed E-state index contributed by atoms with van der Waals surface area (Å²) in [6, 6.07) is 9.51. The lowest BCUT2D eigenvalue weighted by Crippen LogP contribution is -2.48. The van der Waals surface area contributed by atoms with Crippen molar-refractivity contribution in [2.24, 2.45) is 0 Å². The number of ether oxygens (including phenoxy) is 1. The minimum Gasteiger partial charge on any atom is -0.462 e. The van der Waals surface area contributed by atoms with Gasteiger partial charge in [0.15, 0.2) is 8.32 Å². The van der Waals surface area contributed by atoms with Gasteiger partial charge in [0.25, 0.3) is 0 Å². The molecule has 0 unspecified atom stereocenters. The number of aliphatic hydroxyl groups excluding tert-OH is 1. The van der Waals surface area contributed by atoms with E-state index in [9.17, 15) is 9.90 Å². The molecule has 0 aliphatic carbocycles. The monoisotopic (exact) mass is 549 g/mol. The molecular formula is C31H55NO5Si. The second-order valence-electron chi connectivity index (χ2n) is 12.6. The average molecular weight is 550 g/mol. The lowest BCUT2D eigenvalue weighted by molar-refractivity contribution is -0.0838. The molecule has 0 saturated carbocycles. The van der Waals surface area contributed by atoms with Crippen molar-refractivity contribution in [1.82, 2.24) is 5.48 Å². The molecule has 1 aliphatic rings. The summed E-state index contributed by atoms with van der Waals surface area (Å²) in [6.07, 6.45) is 13.1. The number of hydrogen-bond donors (Lipinski definition) is 2. The Hall–Kier alpha value is -1.25. The second-order valence-corrected chi connectivity index (χ2v) is 17.4. The number of unbranched alkanes of at least 4 members (excludes halogenated alkanes) is 9. The zero-order valence-electron chi connectivity index (χ0n) is 25.0. The highest BCUT2D eigenvalue weighted by molar-refractivity contribution is 6.74. The normalized spacial score (nSPS) is 19.9. The van der Waals surface area contributed by atoms with Gasteiger partial charge in [0.2, 0.25) is 0 Å². The molecule has 0 amide bonds. The van der Waals surface area contributed by atoms with E-state index < -0.39 is 14.4 Å². The minimum absolute atomic E-state index is 0.124. The van der Waals surface area contributed by atoms with Gasteiger partial charge in [-0.3, -0.25) is 4.84 Å². The zero-order chi connectivity index (χ0) is 28.0. The van der Waals surface area contributed by atoms with Crippen LogP contribution in [-0.2, 0) is 14.0 Å². The van der Waals surface area contributed by atoms with Gasteiger partial charge in [-0.1, -0.05) is 96.8 Å². The molecule has 38 heavy (non-hydrogen) atoms. The van der Waals surface area contributed by atoms with Gasteiger partial charge < -0.3 is 14.3 Å². The highest BCUT2D eigenvalue weighted by atomic mass is 28.4. The van der Waals surface area contributed by atoms with Crippen LogP contribution in [0.25, 0.3) is 0 Å². The number of hydroxylamine groups is 1. The molecule has 1 heterocycles. The Kier molecular flexibility index (Phi) is 14.5. The van der Waals surface area contributed by atoms with Crippen LogP contribution in [0.3, 0.4) is 0 Å². The van der Waals surface area contributed by atoms with Crippen molar-refractivity contribution in [2.45, 2.75) is 147 Å². The Morgan fingerprint density at radius 1 is 1.00 bits per heavy atom. The lowest BCUT2D eigenvalue weighted by Gasteiger charge is -2.40. The SMILES string of the molecule is C[C@H](O[Si](C)(C)C(C)(C)C)[C@H](O)[C@@H]1C[C@@H](CCCCCCCCCCCCOC(=O)c2ccccc2)NO1. The Labute approximate surface area is 233 Å². The van der Waals surface area contributed by atoms with Gasteiger partial charge in [-0.2, -0.15) is 5.48 Å². The fraction of sp³-hybridized carbons (Fsp3) is 0.774. The first-order valence-corrected chi connectivity index (χ1v) is 17.9. The maximum Gasteiger partial charge on any atom is 0.338 e. The van der Waals surface area contributed by atoms with E-state index in [2.05, 4.69) is 39.3 Å². The zero-order valence-corrected chi connectivity index (χ0v) is 26.0. The smallest absolute Gasteiger partial charge is 0.338 e. The Morgan fingerprint density at radius 3 is 2.13 bits per heavy atom. The molecule has 1 aliphatic heterocycles. The molecule has 7 heteroatoms. The summed E-state index contributed by atoms with van der Waals surface area (Å²) in [4.78, 5) is 17.6. The van der Waals surface area contributed by atoms with Crippen molar-refractivity contribution in [1.29, 1.82) is 0 Å². The molecule has 0 aromatic heterocycles. The number of rotatable bonds is 18. The third kappa shape index (κ3) is 11.9. The van der Waals surface area contributed by atoms with Crippen molar-refractivity contribution in [3.63, 3.8) is 0 Å². The largest absolute Gasteiger partial charge is 0.462 e. The Balaban J connectivity index is 1.41. The molecule has 0 bridgehead atoms. The van der Waals surface area contributed by atoms with E-state index in [1.807, 2.05) is 25.1 Å². The molecule has 1 saturated heterocycles. The first-order valence-electron chi connectivity index (χ1n) is 15.0. The van der Waals surface area contributed by atoms with E-state index >= 15 is 0 Å². The summed E-state index contributed by atoms with van der Waals surface area (Å²) in [7, 11) is -1.92. The summed E-state index contributed by atoms with van der Waals surface area (Å²) < 4.78 is 11.7. The molecule has 1 fully saturated rings. The summed E-state index contributed by atoms with van der Waals surface area (Å²) in [5.41, 5.74) is 3.78. The van der Waals surface area contributed by atoms with Crippen LogP contribution in [0, 0.1) is 0 Å². The van der Waals surface area contributed by atoms with Crippen molar-refractivity contribution in [3.05, 3.63) is 35.9 Å². The first-order chi connectivity index (χ1) is 18.0. The average Bonchev–Trinajstić information content (AvgIpc) is 3.34. The Bertz CT molecular complexity index is 782. The summed E-state index contributed by atoms with van der Waals surface area (Å²) in [6.45, 7) is 13.6. The molecular weight excluding hydrogens is 494 g/mol. The van der Waals surface area contributed by atoms with Crippen molar-refractivity contribution in [3.8, 4) is 0 Å². The molecule has 0 radical (unpaired) electrons. The predicted octanol–water partition coefficient (Wildman–Crippen LogP) is 7.57. The summed E-state index contributed by atoms with van der Waals surface area (Å²) >= 11 is 0. The van der Waals surface area contributed by atoms with Crippen LogP contribution < -0.4 is 5.48 Å². The number of hydrogen-bond acceptors (Lipinski definition) is 6. The number of carbonyl (C=O) groups is 1. The number of benzene rings is 1. The van der Waals surface area contributed by atoms with Crippen LogP contribution in [0.15, 0.2) is 30.3 Å². The molecule has 4 atom stereocenters. The molecule has 1 aromatic carbocycles. The summed E-state index contributed by atoms with van der Waals surface area (Å²) in [5.74, 6) is -0.222. The third-order valence-electron chi connectivity index (χ3n) is 8.24. The fourth-order valence-corrected chi connectivity index (χ4v) is 6.11. The van der Waals surface area contributed by atoms with Crippen LogP contribution >= 0.6 is 0 Å². The minimum atomic E-state index is -1.92. The van der Waals surface area contributed by atoms with Crippen LogP contribution in [0.1, 0.15) is 115 Å². The van der Waals surface area contributed by atoms with Gasteiger partial charge in [0, 0.05) is 6.04 Å². The maximum atomic E-state index is 11.9. The van der Waals surface area contributed by atoms with Crippen LogP contribution in [0.5, 0.6) is 0 Å². The van der Waals surface area contributed by atoms with Gasteiger partial charge in [0.1, 0.15) is 12.2 Å². The fourth-order valence-electron chi connectivity index (χ4n) is 4.69. The molecule has 2 rings (SSSR count). The topological polar surface area (TPSA) is 77.0 Å². The van der Waals surface area contributed by atoms with E-state index in [4.69, 9.17) is 14.0 Å². The number of esters is 1. The van der Waals surface area contributed by atoms with E-state index in [-0.39, 0.29) is 23.2 Å². The van der Waals surface area contributed by atoms with Crippen molar-refractivity contribution < 1.29 is 23.9 Å². The van der Waals surface area contributed by atoms with Gasteiger partial charge in [-0.15, -0.1) is 0 Å². The van der Waals surface area contributed by atoms with Crippen molar-refractivity contribution in [2.75, 3.05) is 6.61 Å². The predicted molar refractivity (Wildman–Crippen MR) is 158 cm³/mol. The van der Waals surface area contributed by atoms with Crippen LogP contribution in [-0.4, -0.2) is 50.4 Å². The number of carbonyl (C=O) groups excluding carboxylic acids is 1. The van der Waals surface area contributed by atoms with E-state index in [0.717, 1.165) is 25.7 Å². The number of nitrogens with one attached hydrogen (secondary N) is 1. The molecule has 6 nitrogen and oxygen atoms in total. The summed E-state index contributed by atoms with van der Waals surface area (Å²) in [5, 5.41) is 10.9. The third-order valence-corrected chi connectivity index (χ3v) is 12.8. The Morgan fingerprint density at radius 2 is 1.55 bits per heavy atom. The molecule has 1 aromatic rings. The molecule has 0 spiro atoms. The van der Waals surface area contributed by atoms with E-state index in [1.165, 1.54) is 51.4 Å². The highest BCUT2D eigenvalue weighted by Crippen LogP contribution is 2.38. The van der Waals surface area contributed by atoms with Gasteiger partial charge in [-0.25, -0.2) is 4.79 Å². The van der Waals surface area contributed by atoms with Gasteiger partial charge in [-0.05, 0) is 56.5 Å². The van der Waals surface area contributed by atoms with Crippen LogP contribution in [0.2, 0.25) is 18.1 Å². The van der Waals surface area contributed by atoms with E-state index in [0.29, 0.717) is 18.2 Å². The standard InChI is InChI=1S/C31H55NO5Si/c1-25(37-38(5,6)31(2,3)4)29(33)28-24-27(32-36-28)22-18-13-11-9-7-8-10-12-14-19-23-35-30(34)26-20-16-15-17-21-26/h15-17,20-21,25,27-29,32-33H,7-14,18-19,22-24H2,1-6H3/t25-,27+,28-,29-/m0/s1.